The normalized spacial score (nSPS) is 18.1. The Morgan fingerprint density at radius 2 is 2.07 bits per heavy atom. The SMILES string of the molecule is CC(C)CCCCNC(C(=O)O)C1CC1. The summed E-state index contributed by atoms with van der Waals surface area (Å²) in [4.78, 5) is 10.9. The third-order valence-electron chi connectivity index (χ3n) is 2.93. The molecule has 0 heterocycles. The van der Waals surface area contributed by atoms with E-state index in [1.54, 1.807) is 0 Å². The van der Waals surface area contributed by atoms with E-state index < -0.39 is 5.97 Å². The van der Waals surface area contributed by atoms with Crippen molar-refractivity contribution < 1.29 is 9.90 Å². The maximum Gasteiger partial charge on any atom is 0.320 e. The van der Waals surface area contributed by atoms with Crippen molar-refractivity contribution in [2.75, 3.05) is 6.54 Å². The Morgan fingerprint density at radius 1 is 1.40 bits per heavy atom. The van der Waals surface area contributed by atoms with Gasteiger partial charge in [0.1, 0.15) is 6.04 Å². The number of hydrogen-bond acceptors (Lipinski definition) is 2. The molecular formula is C12H23NO2. The molecule has 1 atom stereocenters. The van der Waals surface area contributed by atoms with E-state index in [0.717, 1.165) is 31.7 Å². The molecule has 88 valence electrons. The number of unbranched alkanes of at least 4 members (excludes halogenated alkanes) is 1. The van der Waals surface area contributed by atoms with Gasteiger partial charge >= 0.3 is 5.97 Å². The van der Waals surface area contributed by atoms with Crippen LogP contribution in [0.3, 0.4) is 0 Å². The zero-order valence-corrected chi connectivity index (χ0v) is 9.83. The Kier molecular flexibility index (Phi) is 5.09. The van der Waals surface area contributed by atoms with Gasteiger partial charge in [-0.15, -0.1) is 0 Å². The molecule has 1 rings (SSSR count). The molecule has 0 aliphatic heterocycles. The van der Waals surface area contributed by atoms with Crippen LogP contribution in [0.1, 0.15) is 46.0 Å². The Hall–Kier alpha value is -0.570. The largest absolute Gasteiger partial charge is 0.480 e. The molecule has 3 nitrogen and oxygen atoms in total. The zero-order valence-electron chi connectivity index (χ0n) is 9.83. The minimum absolute atomic E-state index is 0.288. The van der Waals surface area contributed by atoms with Gasteiger partial charge in [0.25, 0.3) is 0 Å². The molecule has 0 spiro atoms. The third kappa shape index (κ3) is 5.17. The van der Waals surface area contributed by atoms with E-state index in [-0.39, 0.29) is 6.04 Å². The molecule has 1 fully saturated rings. The minimum atomic E-state index is -0.679. The van der Waals surface area contributed by atoms with Crippen LogP contribution in [-0.4, -0.2) is 23.7 Å². The molecule has 1 aliphatic rings. The van der Waals surface area contributed by atoms with E-state index in [9.17, 15) is 4.79 Å². The van der Waals surface area contributed by atoms with Crippen LogP contribution in [0.4, 0.5) is 0 Å². The standard InChI is InChI=1S/C12H23NO2/c1-9(2)5-3-4-8-13-11(12(14)15)10-6-7-10/h9-11,13H,3-8H2,1-2H3,(H,14,15). The molecule has 0 bridgehead atoms. The monoisotopic (exact) mass is 213 g/mol. The highest BCUT2D eigenvalue weighted by Crippen LogP contribution is 2.32. The Bertz CT molecular complexity index is 200. The van der Waals surface area contributed by atoms with Gasteiger partial charge in [0.2, 0.25) is 0 Å². The van der Waals surface area contributed by atoms with Crippen LogP contribution < -0.4 is 5.32 Å². The Balaban J connectivity index is 2.04. The second kappa shape index (κ2) is 6.11. The van der Waals surface area contributed by atoms with E-state index in [4.69, 9.17) is 5.11 Å². The first-order valence-electron chi connectivity index (χ1n) is 6.07. The van der Waals surface area contributed by atoms with Crippen molar-refractivity contribution >= 4 is 5.97 Å². The molecule has 0 aromatic carbocycles. The molecule has 3 heteroatoms. The van der Waals surface area contributed by atoms with Crippen molar-refractivity contribution in [2.45, 2.75) is 52.0 Å². The van der Waals surface area contributed by atoms with E-state index >= 15 is 0 Å². The smallest absolute Gasteiger partial charge is 0.320 e. The predicted molar refractivity (Wildman–Crippen MR) is 60.8 cm³/mol. The van der Waals surface area contributed by atoms with Gasteiger partial charge in [-0.05, 0) is 37.6 Å². The molecular weight excluding hydrogens is 190 g/mol. The summed E-state index contributed by atoms with van der Waals surface area (Å²) in [6, 6.07) is -0.288. The van der Waals surface area contributed by atoms with Crippen LogP contribution in [0.5, 0.6) is 0 Å². The van der Waals surface area contributed by atoms with E-state index in [1.807, 2.05) is 0 Å². The van der Waals surface area contributed by atoms with Gasteiger partial charge in [-0.1, -0.05) is 26.7 Å². The summed E-state index contributed by atoms with van der Waals surface area (Å²) >= 11 is 0. The van der Waals surface area contributed by atoms with Gasteiger partial charge in [-0.3, -0.25) is 4.79 Å². The van der Waals surface area contributed by atoms with Crippen LogP contribution in [-0.2, 0) is 4.79 Å². The van der Waals surface area contributed by atoms with Gasteiger partial charge in [-0.2, -0.15) is 0 Å². The number of carboxylic acid groups (broad SMARTS) is 1. The summed E-state index contributed by atoms with van der Waals surface area (Å²) < 4.78 is 0. The molecule has 0 saturated heterocycles. The van der Waals surface area contributed by atoms with Crippen molar-refractivity contribution in [3.05, 3.63) is 0 Å². The summed E-state index contributed by atoms with van der Waals surface area (Å²) in [5, 5.41) is 12.1. The summed E-state index contributed by atoms with van der Waals surface area (Å²) in [7, 11) is 0. The van der Waals surface area contributed by atoms with Crippen molar-refractivity contribution in [3.63, 3.8) is 0 Å². The van der Waals surface area contributed by atoms with Crippen LogP contribution >= 0.6 is 0 Å². The van der Waals surface area contributed by atoms with Gasteiger partial charge in [0, 0.05) is 0 Å². The van der Waals surface area contributed by atoms with Gasteiger partial charge < -0.3 is 10.4 Å². The molecule has 15 heavy (non-hydrogen) atoms. The van der Waals surface area contributed by atoms with Crippen molar-refractivity contribution in [2.24, 2.45) is 11.8 Å². The average Bonchev–Trinajstić information content (AvgIpc) is 2.93. The lowest BCUT2D eigenvalue weighted by atomic mass is 10.1. The molecule has 1 unspecified atom stereocenters. The molecule has 0 aromatic heterocycles. The van der Waals surface area contributed by atoms with Gasteiger partial charge in [-0.25, -0.2) is 0 Å². The maximum absolute atomic E-state index is 10.9. The number of hydrogen-bond donors (Lipinski definition) is 2. The predicted octanol–water partition coefficient (Wildman–Crippen LogP) is 2.27. The van der Waals surface area contributed by atoms with Gasteiger partial charge in [0.05, 0.1) is 0 Å². The van der Waals surface area contributed by atoms with Crippen molar-refractivity contribution in [1.82, 2.24) is 5.32 Å². The molecule has 0 amide bonds. The van der Waals surface area contributed by atoms with Crippen LogP contribution in [0.25, 0.3) is 0 Å². The topological polar surface area (TPSA) is 49.3 Å². The number of carboxylic acids is 1. The van der Waals surface area contributed by atoms with E-state index in [1.165, 1.54) is 12.8 Å². The number of carbonyl (C=O) groups is 1. The summed E-state index contributed by atoms with van der Waals surface area (Å²) in [6.07, 6.45) is 5.69. The first-order valence-corrected chi connectivity index (χ1v) is 6.07. The molecule has 0 radical (unpaired) electrons. The number of aliphatic carboxylic acids is 1. The fourth-order valence-corrected chi connectivity index (χ4v) is 1.82. The van der Waals surface area contributed by atoms with Crippen molar-refractivity contribution in [1.29, 1.82) is 0 Å². The molecule has 1 saturated carbocycles. The van der Waals surface area contributed by atoms with Crippen LogP contribution in [0.15, 0.2) is 0 Å². The first-order chi connectivity index (χ1) is 7.11. The lowest BCUT2D eigenvalue weighted by molar-refractivity contribution is -0.140. The summed E-state index contributed by atoms with van der Waals surface area (Å²) in [5.41, 5.74) is 0. The first kappa shape index (κ1) is 12.5. The maximum atomic E-state index is 10.9. The Morgan fingerprint density at radius 3 is 2.53 bits per heavy atom. The second-order valence-electron chi connectivity index (χ2n) is 5.00. The van der Waals surface area contributed by atoms with E-state index in [2.05, 4.69) is 19.2 Å². The quantitative estimate of drug-likeness (QED) is 0.608. The molecule has 0 aromatic rings. The average molecular weight is 213 g/mol. The zero-order chi connectivity index (χ0) is 11.3. The second-order valence-corrected chi connectivity index (χ2v) is 5.00. The summed E-state index contributed by atoms with van der Waals surface area (Å²) in [6.45, 7) is 5.29. The highest BCUT2D eigenvalue weighted by atomic mass is 16.4. The third-order valence-corrected chi connectivity index (χ3v) is 2.93. The fraction of sp³-hybridized carbons (Fsp3) is 0.917. The molecule has 1 aliphatic carbocycles. The van der Waals surface area contributed by atoms with Crippen LogP contribution in [0.2, 0.25) is 0 Å². The van der Waals surface area contributed by atoms with Crippen LogP contribution in [0, 0.1) is 11.8 Å². The van der Waals surface area contributed by atoms with Crippen molar-refractivity contribution in [3.8, 4) is 0 Å². The Labute approximate surface area is 92.3 Å². The van der Waals surface area contributed by atoms with E-state index in [0.29, 0.717) is 5.92 Å². The lowest BCUT2D eigenvalue weighted by Crippen LogP contribution is -2.39. The molecule has 2 N–H and O–H groups in total. The minimum Gasteiger partial charge on any atom is -0.480 e. The fourth-order valence-electron chi connectivity index (χ4n) is 1.82. The summed E-state index contributed by atoms with van der Waals surface area (Å²) in [5.74, 6) is 0.470. The highest BCUT2D eigenvalue weighted by molar-refractivity contribution is 5.74. The lowest BCUT2D eigenvalue weighted by Gasteiger charge is -2.13. The highest BCUT2D eigenvalue weighted by Gasteiger charge is 2.35. The number of nitrogens with one attached hydrogen (secondary N) is 1. The van der Waals surface area contributed by atoms with Gasteiger partial charge in [0.15, 0.2) is 0 Å². The number of rotatable bonds is 8.